The highest BCUT2D eigenvalue weighted by molar-refractivity contribution is 7.90. The monoisotopic (exact) mass is 448 g/mol. The number of anilines is 1. The molecule has 3 rings (SSSR count). The summed E-state index contributed by atoms with van der Waals surface area (Å²) in [6.07, 6.45) is -0.214. The zero-order valence-electron chi connectivity index (χ0n) is 16.3. The van der Waals surface area contributed by atoms with E-state index in [0.29, 0.717) is 17.3 Å². The minimum atomic E-state index is -3.52. The smallest absolute Gasteiger partial charge is 0.225 e. The average Bonchev–Trinajstić information content (AvgIpc) is 3.15. The van der Waals surface area contributed by atoms with E-state index < -0.39 is 21.6 Å². The Labute approximate surface area is 178 Å². The lowest BCUT2D eigenvalue weighted by atomic mass is 10.2. The summed E-state index contributed by atoms with van der Waals surface area (Å²) in [5.74, 6) is -0.764. The minimum absolute atomic E-state index is 0.214. The van der Waals surface area contributed by atoms with Crippen LogP contribution in [0.5, 0.6) is 5.75 Å². The Morgan fingerprint density at radius 1 is 1.20 bits per heavy atom. The van der Waals surface area contributed by atoms with Crippen molar-refractivity contribution in [2.45, 2.75) is 19.1 Å². The number of halogens is 1. The van der Waals surface area contributed by atoms with Gasteiger partial charge in [0.1, 0.15) is 16.6 Å². The molecule has 3 aromatic rings. The molecule has 1 heterocycles. The molecule has 0 aliphatic heterocycles. The normalized spacial score (nSPS) is 11.3. The summed E-state index contributed by atoms with van der Waals surface area (Å²) < 4.78 is 43.3. The van der Waals surface area contributed by atoms with Crippen molar-refractivity contribution < 1.29 is 22.3 Å². The molecule has 0 radical (unpaired) electrons. The lowest BCUT2D eigenvalue weighted by Crippen LogP contribution is -2.18. The van der Waals surface area contributed by atoms with Gasteiger partial charge >= 0.3 is 0 Å². The molecule has 1 N–H and O–H groups in total. The molecule has 9 heteroatoms. The first-order valence-corrected chi connectivity index (χ1v) is 12.0. The van der Waals surface area contributed by atoms with Crippen LogP contribution in [-0.2, 0) is 20.4 Å². The number of aromatic nitrogens is 1. The lowest BCUT2D eigenvalue weighted by Gasteiger charge is -2.06. The van der Waals surface area contributed by atoms with Gasteiger partial charge in [0.05, 0.1) is 23.8 Å². The lowest BCUT2D eigenvalue weighted by molar-refractivity contribution is -0.115. The van der Waals surface area contributed by atoms with E-state index in [1.807, 2.05) is 31.2 Å². The molecular formula is C21H21FN2O4S2. The number of carbonyl (C=O) groups excluding carboxylic acids is 1. The maximum atomic E-state index is 13.2. The van der Waals surface area contributed by atoms with Crippen molar-refractivity contribution in [3.8, 4) is 16.3 Å². The molecular weight excluding hydrogens is 427 g/mol. The predicted molar refractivity (Wildman–Crippen MR) is 116 cm³/mol. The van der Waals surface area contributed by atoms with Gasteiger partial charge in [0.2, 0.25) is 5.91 Å². The van der Waals surface area contributed by atoms with Gasteiger partial charge in [-0.25, -0.2) is 17.8 Å². The van der Waals surface area contributed by atoms with E-state index in [-0.39, 0.29) is 23.6 Å². The molecule has 1 amide bonds. The highest BCUT2D eigenvalue weighted by Gasteiger charge is 2.17. The van der Waals surface area contributed by atoms with Crippen molar-refractivity contribution in [1.82, 2.24) is 4.98 Å². The summed E-state index contributed by atoms with van der Waals surface area (Å²) in [7, 11) is -3.52. The highest BCUT2D eigenvalue weighted by atomic mass is 32.2. The molecule has 0 atom stereocenters. The van der Waals surface area contributed by atoms with Crippen LogP contribution in [0.25, 0.3) is 10.6 Å². The Kier molecular flexibility index (Phi) is 7.17. The van der Waals surface area contributed by atoms with Gasteiger partial charge in [0, 0.05) is 23.1 Å². The van der Waals surface area contributed by atoms with Crippen LogP contribution in [0.1, 0.15) is 19.0 Å². The summed E-state index contributed by atoms with van der Waals surface area (Å²) >= 11 is 1.36. The van der Waals surface area contributed by atoms with Crippen LogP contribution in [0, 0.1) is 5.82 Å². The molecule has 158 valence electrons. The Bertz CT molecular complexity index is 1110. The van der Waals surface area contributed by atoms with E-state index in [1.165, 1.54) is 35.6 Å². The van der Waals surface area contributed by atoms with E-state index >= 15 is 0 Å². The largest absolute Gasteiger partial charge is 0.494 e. The van der Waals surface area contributed by atoms with E-state index in [9.17, 15) is 17.6 Å². The van der Waals surface area contributed by atoms with Gasteiger partial charge in [-0.2, -0.15) is 0 Å². The second-order valence-electron chi connectivity index (χ2n) is 6.50. The third-order valence-electron chi connectivity index (χ3n) is 4.08. The van der Waals surface area contributed by atoms with Crippen molar-refractivity contribution in [2.24, 2.45) is 0 Å². The Morgan fingerprint density at radius 3 is 2.67 bits per heavy atom. The third kappa shape index (κ3) is 6.36. The average molecular weight is 449 g/mol. The maximum Gasteiger partial charge on any atom is 0.225 e. The summed E-state index contributed by atoms with van der Waals surface area (Å²) in [6, 6.07) is 12.9. The summed E-state index contributed by atoms with van der Waals surface area (Å²) in [4.78, 5) is 16.4. The van der Waals surface area contributed by atoms with Crippen molar-refractivity contribution >= 4 is 32.8 Å². The van der Waals surface area contributed by atoms with Gasteiger partial charge in [-0.15, -0.1) is 11.3 Å². The number of hydrogen-bond acceptors (Lipinski definition) is 6. The number of rotatable bonds is 9. The number of hydrogen-bond donors (Lipinski definition) is 1. The SMILES string of the molecule is CCOc1ccc(-c2nc(CS(=O)(=O)CCC(=O)Nc3cccc(F)c3)cs2)cc1. The quantitative estimate of drug-likeness (QED) is 0.528. The van der Waals surface area contributed by atoms with Crippen molar-refractivity contribution in [2.75, 3.05) is 17.7 Å². The highest BCUT2D eigenvalue weighted by Crippen LogP contribution is 2.26. The molecule has 2 aromatic carbocycles. The maximum absolute atomic E-state index is 13.2. The summed E-state index contributed by atoms with van der Waals surface area (Å²) in [5.41, 5.74) is 1.60. The minimum Gasteiger partial charge on any atom is -0.494 e. The van der Waals surface area contributed by atoms with Gasteiger partial charge in [-0.1, -0.05) is 6.07 Å². The van der Waals surface area contributed by atoms with Crippen LogP contribution in [0.4, 0.5) is 10.1 Å². The molecule has 6 nitrogen and oxygen atoms in total. The molecule has 0 spiro atoms. The van der Waals surface area contributed by atoms with Crippen molar-refractivity contribution in [3.05, 3.63) is 65.4 Å². The number of nitrogens with zero attached hydrogens (tertiary/aromatic N) is 1. The number of thiazole rings is 1. The molecule has 0 fully saturated rings. The second kappa shape index (κ2) is 9.82. The first-order chi connectivity index (χ1) is 14.3. The summed E-state index contributed by atoms with van der Waals surface area (Å²) in [6.45, 7) is 2.49. The van der Waals surface area contributed by atoms with Gasteiger partial charge in [-0.3, -0.25) is 4.79 Å². The molecule has 1 aromatic heterocycles. The molecule has 0 aliphatic carbocycles. The number of amides is 1. The fraction of sp³-hybridized carbons (Fsp3) is 0.238. The van der Waals surface area contributed by atoms with Gasteiger partial charge in [-0.05, 0) is 49.4 Å². The fourth-order valence-electron chi connectivity index (χ4n) is 2.70. The van der Waals surface area contributed by atoms with E-state index in [0.717, 1.165) is 11.3 Å². The number of ether oxygens (including phenoxy) is 1. The van der Waals surface area contributed by atoms with Gasteiger partial charge in [0.25, 0.3) is 0 Å². The molecule has 0 saturated heterocycles. The van der Waals surface area contributed by atoms with E-state index in [2.05, 4.69) is 10.3 Å². The van der Waals surface area contributed by atoms with Crippen LogP contribution in [0.15, 0.2) is 53.9 Å². The molecule has 0 aliphatic rings. The number of nitrogens with one attached hydrogen (secondary N) is 1. The molecule has 0 saturated carbocycles. The van der Waals surface area contributed by atoms with Gasteiger partial charge in [0.15, 0.2) is 9.84 Å². The molecule has 0 bridgehead atoms. The first kappa shape index (κ1) is 21.9. The zero-order chi connectivity index (χ0) is 21.6. The first-order valence-electron chi connectivity index (χ1n) is 9.28. The number of carbonyl (C=O) groups is 1. The van der Waals surface area contributed by atoms with Crippen molar-refractivity contribution in [1.29, 1.82) is 0 Å². The predicted octanol–water partition coefficient (Wildman–Crippen LogP) is 4.29. The van der Waals surface area contributed by atoms with Crippen molar-refractivity contribution in [3.63, 3.8) is 0 Å². The van der Waals surface area contributed by atoms with Crippen LogP contribution < -0.4 is 10.1 Å². The van der Waals surface area contributed by atoms with Crippen LogP contribution in [0.3, 0.4) is 0 Å². The second-order valence-corrected chi connectivity index (χ2v) is 9.54. The molecule has 0 unspecified atom stereocenters. The Hall–Kier alpha value is -2.78. The Morgan fingerprint density at radius 2 is 1.97 bits per heavy atom. The fourth-order valence-corrected chi connectivity index (χ4v) is 4.87. The third-order valence-corrected chi connectivity index (χ3v) is 6.58. The van der Waals surface area contributed by atoms with Crippen LogP contribution >= 0.6 is 11.3 Å². The topological polar surface area (TPSA) is 85.4 Å². The Balaban J connectivity index is 1.55. The molecule has 30 heavy (non-hydrogen) atoms. The summed E-state index contributed by atoms with van der Waals surface area (Å²) in [5, 5.41) is 4.91. The van der Waals surface area contributed by atoms with Crippen LogP contribution in [-0.4, -0.2) is 31.7 Å². The van der Waals surface area contributed by atoms with Crippen LogP contribution in [0.2, 0.25) is 0 Å². The van der Waals surface area contributed by atoms with Gasteiger partial charge < -0.3 is 10.1 Å². The van der Waals surface area contributed by atoms with E-state index in [1.54, 1.807) is 5.38 Å². The van der Waals surface area contributed by atoms with E-state index in [4.69, 9.17) is 4.74 Å². The zero-order valence-corrected chi connectivity index (χ0v) is 17.9. The standard InChI is InChI=1S/C21H21FN2O4S2/c1-2-28-19-8-6-15(7-9-19)21-24-18(13-29-21)14-30(26,27)11-10-20(25)23-17-5-3-4-16(22)12-17/h3-9,12-13H,2,10-11,14H2,1H3,(H,23,25). The number of benzene rings is 2. The number of sulfone groups is 1.